The summed E-state index contributed by atoms with van der Waals surface area (Å²) in [6.45, 7) is 0.952. The van der Waals surface area contributed by atoms with E-state index in [0.29, 0.717) is 25.9 Å². The first-order chi connectivity index (χ1) is 11.1. The van der Waals surface area contributed by atoms with Gasteiger partial charge in [-0.05, 0) is 55.4 Å². The van der Waals surface area contributed by atoms with Crippen molar-refractivity contribution in [3.63, 3.8) is 0 Å². The van der Waals surface area contributed by atoms with E-state index in [-0.39, 0.29) is 11.8 Å². The molecule has 2 aliphatic heterocycles. The van der Waals surface area contributed by atoms with E-state index < -0.39 is 11.6 Å². The van der Waals surface area contributed by atoms with Crippen LogP contribution in [0.15, 0.2) is 18.2 Å². The summed E-state index contributed by atoms with van der Waals surface area (Å²) in [4.78, 5) is 37.8. The van der Waals surface area contributed by atoms with Crippen LogP contribution in [-0.4, -0.2) is 41.4 Å². The van der Waals surface area contributed by atoms with E-state index in [4.69, 9.17) is 0 Å². The third-order valence-corrected chi connectivity index (χ3v) is 5.26. The number of amides is 4. The zero-order chi connectivity index (χ0) is 16.0. The molecule has 0 radical (unpaired) electrons. The van der Waals surface area contributed by atoms with E-state index >= 15 is 0 Å². The molecule has 0 bridgehead atoms. The lowest BCUT2D eigenvalue weighted by Crippen LogP contribution is -2.55. The predicted molar refractivity (Wildman–Crippen MR) is 83.0 cm³/mol. The van der Waals surface area contributed by atoms with Crippen LogP contribution in [-0.2, 0) is 17.6 Å². The third-order valence-electron chi connectivity index (χ3n) is 5.26. The number of nitrogens with one attached hydrogen (secondary N) is 2. The molecule has 2 N–H and O–H groups in total. The quantitative estimate of drug-likeness (QED) is 0.759. The Labute approximate surface area is 134 Å². The molecule has 2 fully saturated rings. The molecule has 1 aliphatic carbocycles. The molecular weight excluding hydrogens is 294 g/mol. The number of hydrogen-bond acceptors (Lipinski definition) is 3. The van der Waals surface area contributed by atoms with Gasteiger partial charge < -0.3 is 10.2 Å². The summed E-state index contributed by atoms with van der Waals surface area (Å²) in [5.41, 5.74) is 2.53. The standard InChI is InChI=1S/C17H19N3O3/c21-14(13-5-4-11-2-1-3-12(11)10-13)20-8-6-17(7-9-20)15(22)18-16(23)19-17/h4-5,10H,1-3,6-9H2,(H2,18,19,22,23). The van der Waals surface area contributed by atoms with E-state index in [1.165, 1.54) is 11.1 Å². The first-order valence-electron chi connectivity index (χ1n) is 8.12. The molecule has 23 heavy (non-hydrogen) atoms. The van der Waals surface area contributed by atoms with Crippen molar-refractivity contribution in [2.75, 3.05) is 13.1 Å². The highest BCUT2D eigenvalue weighted by atomic mass is 16.2. The van der Waals surface area contributed by atoms with Crippen molar-refractivity contribution in [1.29, 1.82) is 0 Å². The molecule has 0 atom stereocenters. The monoisotopic (exact) mass is 313 g/mol. The average molecular weight is 313 g/mol. The number of fused-ring (bicyclic) bond motifs is 1. The van der Waals surface area contributed by atoms with Crippen molar-refractivity contribution in [1.82, 2.24) is 15.5 Å². The SMILES string of the molecule is O=C1NC(=O)C2(CCN(C(=O)c3ccc4c(c3)CCC4)CC2)N1. The molecule has 1 spiro atoms. The Morgan fingerprint density at radius 2 is 1.83 bits per heavy atom. The van der Waals surface area contributed by atoms with E-state index in [0.717, 1.165) is 24.8 Å². The van der Waals surface area contributed by atoms with Gasteiger partial charge in [0.05, 0.1) is 0 Å². The van der Waals surface area contributed by atoms with Gasteiger partial charge in [-0.25, -0.2) is 4.79 Å². The van der Waals surface area contributed by atoms with Crippen molar-refractivity contribution in [2.24, 2.45) is 0 Å². The first kappa shape index (κ1) is 14.2. The van der Waals surface area contributed by atoms with Crippen LogP contribution in [0.2, 0.25) is 0 Å². The fourth-order valence-electron chi connectivity index (χ4n) is 3.86. The maximum absolute atomic E-state index is 12.7. The molecule has 2 heterocycles. The second-order valence-electron chi connectivity index (χ2n) is 6.62. The van der Waals surface area contributed by atoms with Crippen LogP contribution in [0.3, 0.4) is 0 Å². The minimum absolute atomic E-state index is 0.0132. The molecule has 0 saturated carbocycles. The van der Waals surface area contributed by atoms with E-state index in [1.807, 2.05) is 12.1 Å². The Morgan fingerprint density at radius 3 is 2.52 bits per heavy atom. The molecule has 1 aromatic carbocycles. The Balaban J connectivity index is 1.47. The molecule has 6 nitrogen and oxygen atoms in total. The van der Waals surface area contributed by atoms with Gasteiger partial charge in [0.2, 0.25) is 0 Å². The van der Waals surface area contributed by atoms with Crippen LogP contribution in [0, 0.1) is 0 Å². The van der Waals surface area contributed by atoms with Crippen LogP contribution in [0.25, 0.3) is 0 Å². The largest absolute Gasteiger partial charge is 0.338 e. The fraction of sp³-hybridized carbons (Fsp3) is 0.471. The highest BCUT2D eigenvalue weighted by Gasteiger charge is 2.48. The Bertz CT molecular complexity index is 705. The summed E-state index contributed by atoms with van der Waals surface area (Å²) in [5.74, 6) is -0.258. The smallest absolute Gasteiger partial charge is 0.322 e. The maximum atomic E-state index is 12.7. The van der Waals surface area contributed by atoms with Gasteiger partial charge in [-0.2, -0.15) is 0 Å². The second-order valence-corrected chi connectivity index (χ2v) is 6.62. The zero-order valence-electron chi connectivity index (χ0n) is 12.9. The number of rotatable bonds is 1. The summed E-state index contributed by atoms with van der Waals surface area (Å²) >= 11 is 0. The van der Waals surface area contributed by atoms with Crippen molar-refractivity contribution >= 4 is 17.8 Å². The van der Waals surface area contributed by atoms with Crippen molar-refractivity contribution in [3.8, 4) is 0 Å². The molecule has 2 saturated heterocycles. The first-order valence-corrected chi connectivity index (χ1v) is 8.12. The predicted octanol–water partition coefficient (Wildman–Crippen LogP) is 0.990. The molecule has 0 unspecified atom stereocenters. The lowest BCUT2D eigenvalue weighted by Gasteiger charge is -2.37. The van der Waals surface area contributed by atoms with E-state index in [2.05, 4.69) is 16.7 Å². The number of likely N-dealkylation sites (tertiary alicyclic amines) is 1. The number of carbonyl (C=O) groups excluding carboxylic acids is 3. The lowest BCUT2D eigenvalue weighted by atomic mass is 9.87. The van der Waals surface area contributed by atoms with E-state index in [1.54, 1.807) is 4.90 Å². The van der Waals surface area contributed by atoms with Gasteiger partial charge in [0.1, 0.15) is 5.54 Å². The zero-order valence-corrected chi connectivity index (χ0v) is 12.9. The van der Waals surface area contributed by atoms with Gasteiger partial charge in [-0.3, -0.25) is 14.9 Å². The van der Waals surface area contributed by atoms with Crippen LogP contribution in [0.4, 0.5) is 4.79 Å². The fourth-order valence-corrected chi connectivity index (χ4v) is 3.86. The summed E-state index contributed by atoms with van der Waals surface area (Å²) in [6, 6.07) is 5.54. The van der Waals surface area contributed by atoms with Crippen molar-refractivity contribution < 1.29 is 14.4 Å². The van der Waals surface area contributed by atoms with Crippen molar-refractivity contribution in [2.45, 2.75) is 37.6 Å². The number of nitrogens with zero attached hydrogens (tertiary/aromatic N) is 1. The molecule has 3 aliphatic rings. The summed E-state index contributed by atoms with van der Waals surface area (Å²) < 4.78 is 0. The van der Waals surface area contributed by atoms with Gasteiger partial charge >= 0.3 is 6.03 Å². The number of piperidine rings is 1. The van der Waals surface area contributed by atoms with Gasteiger partial charge in [-0.1, -0.05) is 6.07 Å². The number of benzene rings is 1. The summed E-state index contributed by atoms with van der Waals surface area (Å²) in [6.07, 6.45) is 4.23. The maximum Gasteiger partial charge on any atom is 0.322 e. The van der Waals surface area contributed by atoms with Crippen molar-refractivity contribution in [3.05, 3.63) is 34.9 Å². The molecular formula is C17H19N3O3. The van der Waals surface area contributed by atoms with Gasteiger partial charge in [-0.15, -0.1) is 0 Å². The van der Waals surface area contributed by atoms with Crippen LogP contribution in [0.1, 0.15) is 40.7 Å². The van der Waals surface area contributed by atoms with Crippen LogP contribution in [0.5, 0.6) is 0 Å². The minimum atomic E-state index is -0.828. The van der Waals surface area contributed by atoms with Crippen LogP contribution >= 0.6 is 0 Å². The Kier molecular flexibility index (Phi) is 3.14. The third kappa shape index (κ3) is 2.29. The lowest BCUT2D eigenvalue weighted by molar-refractivity contribution is -0.125. The number of urea groups is 1. The number of aryl methyl sites for hydroxylation is 2. The number of carbonyl (C=O) groups is 3. The molecule has 1 aromatic rings. The highest BCUT2D eigenvalue weighted by molar-refractivity contribution is 6.07. The number of imide groups is 1. The second kappa shape index (κ2) is 5.08. The summed E-state index contributed by atoms with van der Waals surface area (Å²) in [5, 5.41) is 5.00. The summed E-state index contributed by atoms with van der Waals surface area (Å²) in [7, 11) is 0. The van der Waals surface area contributed by atoms with E-state index in [9.17, 15) is 14.4 Å². The highest BCUT2D eigenvalue weighted by Crippen LogP contribution is 2.28. The Morgan fingerprint density at radius 1 is 1.09 bits per heavy atom. The van der Waals surface area contributed by atoms with Gasteiger partial charge in [0.25, 0.3) is 11.8 Å². The normalized spacial score (nSPS) is 22.0. The van der Waals surface area contributed by atoms with Gasteiger partial charge in [0.15, 0.2) is 0 Å². The molecule has 0 aromatic heterocycles. The molecule has 120 valence electrons. The topological polar surface area (TPSA) is 78.5 Å². The Hall–Kier alpha value is -2.37. The van der Waals surface area contributed by atoms with Gasteiger partial charge in [0, 0.05) is 18.7 Å². The van der Waals surface area contributed by atoms with Crippen LogP contribution < -0.4 is 10.6 Å². The molecule has 6 heteroatoms. The molecule has 4 amide bonds. The average Bonchev–Trinajstić information content (AvgIpc) is 3.11. The number of hydrogen-bond donors (Lipinski definition) is 2. The minimum Gasteiger partial charge on any atom is -0.338 e. The molecule has 4 rings (SSSR count).